The lowest BCUT2D eigenvalue weighted by Gasteiger charge is -2.10. The van der Waals surface area contributed by atoms with Gasteiger partial charge in [0.2, 0.25) is 5.91 Å². The maximum atomic E-state index is 11.6. The first-order valence-corrected chi connectivity index (χ1v) is 6.23. The molecule has 2 N–H and O–H groups in total. The monoisotopic (exact) mass is 255 g/mol. The summed E-state index contributed by atoms with van der Waals surface area (Å²) in [6.45, 7) is 0.240. The van der Waals surface area contributed by atoms with Crippen LogP contribution in [0.5, 0.6) is 0 Å². The Kier molecular flexibility index (Phi) is 3.75. The van der Waals surface area contributed by atoms with Crippen LogP contribution >= 0.6 is 11.3 Å². The van der Waals surface area contributed by atoms with E-state index in [0.717, 1.165) is 5.56 Å². The molecule has 1 fully saturated rings. The Morgan fingerprint density at radius 3 is 2.82 bits per heavy atom. The fourth-order valence-corrected chi connectivity index (χ4v) is 2.30. The lowest BCUT2D eigenvalue weighted by molar-refractivity contribution is -0.158. The van der Waals surface area contributed by atoms with Crippen molar-refractivity contribution in [2.45, 2.75) is 31.7 Å². The second-order valence-corrected chi connectivity index (χ2v) is 4.61. The molecule has 2 rings (SSSR count). The van der Waals surface area contributed by atoms with E-state index in [2.05, 4.69) is 0 Å². The molecule has 1 aromatic heterocycles. The quantitative estimate of drug-likeness (QED) is 0.808. The van der Waals surface area contributed by atoms with Gasteiger partial charge < -0.3 is 15.2 Å². The molecule has 2 unspecified atom stereocenters. The zero-order valence-electron chi connectivity index (χ0n) is 9.13. The molecule has 1 aliphatic rings. The summed E-state index contributed by atoms with van der Waals surface area (Å²) in [6.07, 6.45) is -0.358. The molecule has 2 atom stereocenters. The summed E-state index contributed by atoms with van der Waals surface area (Å²) >= 11 is 1.54. The fourth-order valence-electron chi connectivity index (χ4n) is 1.64. The number of ether oxygens (including phenoxy) is 2. The van der Waals surface area contributed by atoms with E-state index in [-0.39, 0.29) is 6.61 Å². The van der Waals surface area contributed by atoms with E-state index >= 15 is 0 Å². The molecule has 0 saturated carbocycles. The lowest BCUT2D eigenvalue weighted by atomic mass is 10.2. The number of thiophene rings is 1. The van der Waals surface area contributed by atoms with Crippen LogP contribution in [-0.2, 0) is 25.7 Å². The Hall–Kier alpha value is -1.40. The predicted octanol–water partition coefficient (Wildman–Crippen LogP) is 0.824. The molecule has 0 radical (unpaired) electrons. The highest BCUT2D eigenvalue weighted by atomic mass is 32.1. The predicted molar refractivity (Wildman–Crippen MR) is 61.2 cm³/mol. The van der Waals surface area contributed by atoms with Crippen molar-refractivity contribution >= 4 is 23.2 Å². The number of primary amides is 1. The van der Waals surface area contributed by atoms with Crippen LogP contribution in [0.3, 0.4) is 0 Å². The molecule has 0 aromatic carbocycles. The molecular weight excluding hydrogens is 242 g/mol. The van der Waals surface area contributed by atoms with Gasteiger partial charge in [-0.05, 0) is 29.7 Å². The summed E-state index contributed by atoms with van der Waals surface area (Å²) in [7, 11) is 0. The largest absolute Gasteiger partial charge is 0.459 e. The number of rotatable bonds is 4. The molecule has 5 nitrogen and oxygen atoms in total. The van der Waals surface area contributed by atoms with Gasteiger partial charge in [0.05, 0.1) is 0 Å². The first-order chi connectivity index (χ1) is 8.16. The first kappa shape index (κ1) is 12.1. The Bertz CT molecular complexity index is 404. The second-order valence-electron chi connectivity index (χ2n) is 3.83. The van der Waals surface area contributed by atoms with Crippen LogP contribution in [0.2, 0.25) is 0 Å². The zero-order chi connectivity index (χ0) is 12.3. The number of hydrogen-bond acceptors (Lipinski definition) is 5. The number of hydrogen-bond donors (Lipinski definition) is 1. The molecule has 17 heavy (non-hydrogen) atoms. The zero-order valence-corrected chi connectivity index (χ0v) is 9.94. The van der Waals surface area contributed by atoms with Crippen molar-refractivity contribution in [2.24, 2.45) is 5.73 Å². The molecule has 1 amide bonds. The van der Waals surface area contributed by atoms with Gasteiger partial charge in [-0.25, -0.2) is 4.79 Å². The third-order valence-electron chi connectivity index (χ3n) is 2.56. The molecule has 0 bridgehead atoms. The molecule has 0 aliphatic carbocycles. The smallest absolute Gasteiger partial charge is 0.335 e. The molecule has 0 spiro atoms. The van der Waals surface area contributed by atoms with E-state index < -0.39 is 24.1 Å². The van der Waals surface area contributed by atoms with Crippen molar-refractivity contribution in [3.63, 3.8) is 0 Å². The molecule has 1 aliphatic heterocycles. The van der Waals surface area contributed by atoms with Crippen LogP contribution in [0, 0.1) is 0 Å². The minimum absolute atomic E-state index is 0.240. The van der Waals surface area contributed by atoms with Gasteiger partial charge in [-0.2, -0.15) is 11.3 Å². The van der Waals surface area contributed by atoms with Crippen molar-refractivity contribution in [2.75, 3.05) is 0 Å². The van der Waals surface area contributed by atoms with E-state index in [1.807, 2.05) is 16.8 Å². The van der Waals surface area contributed by atoms with Gasteiger partial charge in [0, 0.05) is 5.56 Å². The summed E-state index contributed by atoms with van der Waals surface area (Å²) in [5, 5.41) is 3.83. The topological polar surface area (TPSA) is 78.6 Å². The van der Waals surface area contributed by atoms with Crippen molar-refractivity contribution in [1.82, 2.24) is 0 Å². The van der Waals surface area contributed by atoms with Crippen LogP contribution in [-0.4, -0.2) is 24.1 Å². The average Bonchev–Trinajstić information content (AvgIpc) is 2.96. The summed E-state index contributed by atoms with van der Waals surface area (Å²) in [5.41, 5.74) is 6.05. The van der Waals surface area contributed by atoms with Crippen molar-refractivity contribution in [3.8, 4) is 0 Å². The van der Waals surface area contributed by atoms with Crippen molar-refractivity contribution in [3.05, 3.63) is 22.4 Å². The highest BCUT2D eigenvalue weighted by Crippen LogP contribution is 2.21. The molecular formula is C11H13NO4S. The summed E-state index contributed by atoms with van der Waals surface area (Å²) in [6, 6.07) is 1.89. The van der Waals surface area contributed by atoms with Gasteiger partial charge in [-0.15, -0.1) is 0 Å². The minimum Gasteiger partial charge on any atom is -0.459 e. The summed E-state index contributed by atoms with van der Waals surface area (Å²) < 4.78 is 10.3. The number of esters is 1. The van der Waals surface area contributed by atoms with Gasteiger partial charge in [0.1, 0.15) is 12.7 Å². The van der Waals surface area contributed by atoms with Gasteiger partial charge in [-0.3, -0.25) is 4.79 Å². The minimum atomic E-state index is -0.661. The van der Waals surface area contributed by atoms with E-state index in [9.17, 15) is 9.59 Å². The molecule has 1 saturated heterocycles. The Labute approximate surface area is 103 Å². The normalized spacial score (nSPS) is 23.5. The SMILES string of the molecule is NC(=O)C1CCC(C(=O)OCc2ccsc2)O1. The third-order valence-corrected chi connectivity index (χ3v) is 3.29. The lowest BCUT2D eigenvalue weighted by Crippen LogP contribution is -2.31. The molecule has 2 heterocycles. The van der Waals surface area contributed by atoms with Gasteiger partial charge in [0.15, 0.2) is 6.10 Å². The number of nitrogens with two attached hydrogens (primary N) is 1. The number of carbonyl (C=O) groups is 2. The van der Waals surface area contributed by atoms with E-state index in [4.69, 9.17) is 15.2 Å². The van der Waals surface area contributed by atoms with Crippen molar-refractivity contribution < 1.29 is 19.1 Å². The highest BCUT2D eigenvalue weighted by molar-refractivity contribution is 7.07. The van der Waals surface area contributed by atoms with Crippen molar-refractivity contribution in [1.29, 1.82) is 0 Å². The van der Waals surface area contributed by atoms with Gasteiger partial charge >= 0.3 is 5.97 Å². The third kappa shape index (κ3) is 3.04. The van der Waals surface area contributed by atoms with Gasteiger partial charge in [-0.1, -0.05) is 0 Å². The molecule has 1 aromatic rings. The Morgan fingerprint density at radius 2 is 2.24 bits per heavy atom. The maximum absolute atomic E-state index is 11.6. The van der Waals surface area contributed by atoms with Gasteiger partial charge in [0.25, 0.3) is 0 Å². The van der Waals surface area contributed by atoms with Crippen LogP contribution in [0.25, 0.3) is 0 Å². The van der Waals surface area contributed by atoms with Crippen LogP contribution < -0.4 is 5.73 Å². The second kappa shape index (κ2) is 5.29. The van der Waals surface area contributed by atoms with Crippen LogP contribution in [0.15, 0.2) is 16.8 Å². The summed E-state index contributed by atoms with van der Waals surface area (Å²) in [4.78, 5) is 22.5. The Morgan fingerprint density at radius 1 is 1.47 bits per heavy atom. The van der Waals surface area contributed by atoms with E-state index in [0.29, 0.717) is 12.8 Å². The standard InChI is InChI=1S/C11H13NO4S/c12-10(13)8-1-2-9(16-8)11(14)15-5-7-3-4-17-6-7/h3-4,6,8-9H,1-2,5H2,(H2,12,13). The van der Waals surface area contributed by atoms with Crippen LogP contribution in [0.1, 0.15) is 18.4 Å². The maximum Gasteiger partial charge on any atom is 0.335 e. The average molecular weight is 255 g/mol. The Balaban J connectivity index is 1.79. The summed E-state index contributed by atoms with van der Waals surface area (Å²) in [5.74, 6) is -0.960. The first-order valence-electron chi connectivity index (χ1n) is 5.29. The molecule has 92 valence electrons. The highest BCUT2D eigenvalue weighted by Gasteiger charge is 2.34. The fraction of sp³-hybridized carbons (Fsp3) is 0.455. The number of amides is 1. The van der Waals surface area contributed by atoms with E-state index in [1.54, 1.807) is 11.3 Å². The number of carbonyl (C=O) groups excluding carboxylic acids is 2. The molecule has 6 heteroatoms. The van der Waals surface area contributed by atoms with E-state index in [1.165, 1.54) is 0 Å². The van der Waals surface area contributed by atoms with Crippen LogP contribution in [0.4, 0.5) is 0 Å².